The van der Waals surface area contributed by atoms with Crippen LogP contribution < -0.4 is 10.7 Å². The van der Waals surface area contributed by atoms with Gasteiger partial charge in [-0.3, -0.25) is 9.59 Å². The first kappa shape index (κ1) is 17.0. The van der Waals surface area contributed by atoms with Crippen LogP contribution in [0.4, 0.5) is 0 Å². The highest BCUT2D eigenvalue weighted by Crippen LogP contribution is 2.34. The summed E-state index contributed by atoms with van der Waals surface area (Å²) in [4.78, 5) is 28.4. The zero-order valence-corrected chi connectivity index (χ0v) is 15.9. The number of amides is 1. The molecular formula is C22H27N3O2. The molecule has 2 bridgehead atoms. The molecular weight excluding hydrogens is 338 g/mol. The molecule has 1 aliphatic carbocycles. The largest absolute Gasteiger partial charge is 0.349 e. The predicted octanol–water partition coefficient (Wildman–Crippen LogP) is 2.77. The molecule has 142 valence electrons. The first-order chi connectivity index (χ1) is 13.1. The van der Waals surface area contributed by atoms with E-state index < -0.39 is 0 Å². The second-order valence-electron chi connectivity index (χ2n) is 8.68. The molecule has 3 fully saturated rings. The summed E-state index contributed by atoms with van der Waals surface area (Å²) in [6, 6.07) is 8.97. The Morgan fingerprint density at radius 3 is 2.52 bits per heavy atom. The van der Waals surface area contributed by atoms with Gasteiger partial charge >= 0.3 is 0 Å². The third kappa shape index (κ3) is 3.08. The third-order valence-corrected chi connectivity index (χ3v) is 6.82. The van der Waals surface area contributed by atoms with E-state index in [2.05, 4.69) is 21.8 Å². The zero-order valence-electron chi connectivity index (χ0n) is 15.9. The van der Waals surface area contributed by atoms with Crippen molar-refractivity contribution in [2.45, 2.75) is 63.2 Å². The number of para-hydroxylation sites is 1. The Labute approximate surface area is 159 Å². The number of hydrogen-bond acceptors (Lipinski definition) is 3. The molecule has 0 radical (unpaired) electrons. The molecule has 0 spiro atoms. The van der Waals surface area contributed by atoms with Crippen molar-refractivity contribution in [3.63, 3.8) is 0 Å². The first-order valence-corrected chi connectivity index (χ1v) is 10.2. The van der Waals surface area contributed by atoms with E-state index in [0.717, 1.165) is 24.9 Å². The van der Waals surface area contributed by atoms with Gasteiger partial charge in [0.2, 0.25) is 5.43 Å². The molecule has 2 aliphatic heterocycles. The van der Waals surface area contributed by atoms with Crippen molar-refractivity contribution >= 4 is 16.8 Å². The monoisotopic (exact) mass is 365 g/mol. The SMILES string of the molecule is CN1C2CC[C@@H]1C[C@H](NC(=O)c1cn(CC3CC3)c3ccccc3c1=O)C2. The van der Waals surface area contributed by atoms with Crippen LogP contribution in [0.2, 0.25) is 0 Å². The summed E-state index contributed by atoms with van der Waals surface area (Å²) in [5.74, 6) is 0.473. The summed E-state index contributed by atoms with van der Waals surface area (Å²) < 4.78 is 2.11. The Balaban J connectivity index is 1.44. The number of aromatic nitrogens is 1. The van der Waals surface area contributed by atoms with Gasteiger partial charge in [0.05, 0.1) is 5.52 Å². The number of rotatable bonds is 4. The van der Waals surface area contributed by atoms with Crippen molar-refractivity contribution < 1.29 is 4.79 Å². The first-order valence-electron chi connectivity index (χ1n) is 10.2. The average Bonchev–Trinajstić information content (AvgIpc) is 3.45. The van der Waals surface area contributed by atoms with Crippen molar-refractivity contribution in [2.75, 3.05) is 7.05 Å². The Hall–Kier alpha value is -2.14. The average molecular weight is 365 g/mol. The summed E-state index contributed by atoms with van der Waals surface area (Å²) in [6.07, 6.45) is 8.68. The van der Waals surface area contributed by atoms with Crippen LogP contribution in [0.5, 0.6) is 0 Å². The minimum absolute atomic E-state index is 0.147. The quantitative estimate of drug-likeness (QED) is 0.906. The maximum absolute atomic E-state index is 13.0. The Kier molecular flexibility index (Phi) is 4.08. The van der Waals surface area contributed by atoms with Crippen LogP contribution in [-0.2, 0) is 6.54 Å². The maximum Gasteiger partial charge on any atom is 0.256 e. The lowest BCUT2D eigenvalue weighted by molar-refractivity contribution is 0.0881. The fourth-order valence-electron chi connectivity index (χ4n) is 5.03. The smallest absolute Gasteiger partial charge is 0.256 e. The molecule has 2 aromatic rings. The molecule has 3 aliphatic rings. The van der Waals surface area contributed by atoms with E-state index in [4.69, 9.17) is 0 Å². The van der Waals surface area contributed by atoms with Crippen LogP contribution in [0.25, 0.3) is 10.9 Å². The molecule has 1 saturated carbocycles. The number of benzene rings is 1. The zero-order chi connectivity index (χ0) is 18.5. The number of pyridine rings is 1. The highest BCUT2D eigenvalue weighted by Gasteiger charge is 2.39. The summed E-state index contributed by atoms with van der Waals surface area (Å²) >= 11 is 0. The van der Waals surface area contributed by atoms with Crippen LogP contribution in [0.1, 0.15) is 48.9 Å². The van der Waals surface area contributed by atoms with Crippen LogP contribution in [0.15, 0.2) is 35.3 Å². The molecule has 5 nitrogen and oxygen atoms in total. The molecule has 1 aromatic carbocycles. The van der Waals surface area contributed by atoms with Crippen LogP contribution in [0, 0.1) is 5.92 Å². The summed E-state index contributed by atoms with van der Waals surface area (Å²) in [5.41, 5.74) is 1.08. The van der Waals surface area contributed by atoms with Gasteiger partial charge in [0, 0.05) is 36.3 Å². The van der Waals surface area contributed by atoms with E-state index in [1.165, 1.54) is 25.7 Å². The summed E-state index contributed by atoms with van der Waals surface area (Å²) in [6.45, 7) is 0.888. The Morgan fingerprint density at radius 2 is 1.81 bits per heavy atom. The maximum atomic E-state index is 13.0. The fraction of sp³-hybridized carbons (Fsp3) is 0.545. The normalized spacial score (nSPS) is 27.8. The molecule has 3 atom stereocenters. The Bertz CT molecular complexity index is 932. The van der Waals surface area contributed by atoms with Gasteiger partial charge in [-0.1, -0.05) is 12.1 Å². The number of carbonyl (C=O) groups excluding carboxylic acids is 1. The lowest BCUT2D eigenvalue weighted by Gasteiger charge is -2.36. The highest BCUT2D eigenvalue weighted by atomic mass is 16.2. The van der Waals surface area contributed by atoms with Crippen molar-refractivity contribution in [1.29, 1.82) is 0 Å². The number of hydrogen-bond donors (Lipinski definition) is 1. The Morgan fingerprint density at radius 1 is 1.11 bits per heavy atom. The van der Waals surface area contributed by atoms with Gasteiger partial charge in [-0.05, 0) is 63.6 Å². The molecule has 1 N–H and O–H groups in total. The van der Waals surface area contributed by atoms with Gasteiger partial charge in [-0.2, -0.15) is 0 Å². The van der Waals surface area contributed by atoms with E-state index >= 15 is 0 Å². The van der Waals surface area contributed by atoms with E-state index in [-0.39, 0.29) is 17.4 Å². The standard InChI is InChI=1S/C22H27N3O2/c1-24-16-8-9-17(24)11-15(10-16)23-22(27)19-13-25(12-14-6-7-14)20-5-3-2-4-18(20)21(19)26/h2-5,13-17H,6-12H2,1H3,(H,23,27)/t15-,16+,17?/m0/s1. The number of nitrogens with one attached hydrogen (secondary N) is 1. The highest BCUT2D eigenvalue weighted by molar-refractivity contribution is 5.97. The summed E-state index contributed by atoms with van der Waals surface area (Å²) in [7, 11) is 2.19. The number of piperidine rings is 1. The van der Waals surface area contributed by atoms with E-state index in [1.54, 1.807) is 6.20 Å². The van der Waals surface area contributed by atoms with Gasteiger partial charge in [-0.25, -0.2) is 0 Å². The lowest BCUT2D eigenvalue weighted by Crippen LogP contribution is -2.49. The van der Waals surface area contributed by atoms with Crippen molar-refractivity contribution in [2.24, 2.45) is 5.92 Å². The fourth-order valence-corrected chi connectivity index (χ4v) is 5.03. The van der Waals surface area contributed by atoms with Crippen LogP contribution in [0.3, 0.4) is 0 Å². The number of carbonyl (C=O) groups is 1. The molecule has 1 unspecified atom stereocenters. The lowest BCUT2D eigenvalue weighted by atomic mass is 9.97. The second-order valence-corrected chi connectivity index (χ2v) is 8.68. The molecule has 5 rings (SSSR count). The van der Waals surface area contributed by atoms with Crippen LogP contribution >= 0.6 is 0 Å². The van der Waals surface area contributed by atoms with Gasteiger partial charge in [0.15, 0.2) is 0 Å². The van der Waals surface area contributed by atoms with Crippen molar-refractivity contribution in [3.8, 4) is 0 Å². The molecule has 27 heavy (non-hydrogen) atoms. The minimum atomic E-state index is -0.204. The summed E-state index contributed by atoms with van der Waals surface area (Å²) in [5, 5.41) is 3.83. The van der Waals surface area contributed by atoms with Crippen LogP contribution in [-0.4, -0.2) is 40.5 Å². The van der Waals surface area contributed by atoms with Crippen molar-refractivity contribution in [1.82, 2.24) is 14.8 Å². The molecule has 1 amide bonds. The number of nitrogens with zero attached hydrogens (tertiary/aromatic N) is 2. The second kappa shape index (κ2) is 6.48. The van der Waals surface area contributed by atoms with Gasteiger partial charge in [-0.15, -0.1) is 0 Å². The third-order valence-electron chi connectivity index (χ3n) is 6.82. The minimum Gasteiger partial charge on any atom is -0.349 e. The topological polar surface area (TPSA) is 54.3 Å². The predicted molar refractivity (Wildman–Crippen MR) is 106 cm³/mol. The molecule has 1 aromatic heterocycles. The van der Waals surface area contributed by atoms with Gasteiger partial charge < -0.3 is 14.8 Å². The van der Waals surface area contributed by atoms with Gasteiger partial charge in [0.25, 0.3) is 5.91 Å². The van der Waals surface area contributed by atoms with E-state index in [1.807, 2.05) is 24.3 Å². The molecule has 2 saturated heterocycles. The van der Waals surface area contributed by atoms with Crippen molar-refractivity contribution in [3.05, 3.63) is 46.2 Å². The number of fused-ring (bicyclic) bond motifs is 3. The van der Waals surface area contributed by atoms with Gasteiger partial charge in [0.1, 0.15) is 5.56 Å². The molecule has 5 heteroatoms. The molecule has 3 heterocycles. The van der Waals surface area contributed by atoms with E-state index in [0.29, 0.717) is 29.0 Å². The van der Waals surface area contributed by atoms with E-state index in [9.17, 15) is 9.59 Å².